The Labute approximate surface area is 177 Å². The molecule has 1 fully saturated rings. The average molecular weight is 408 g/mol. The Bertz CT molecular complexity index is 904. The molecule has 0 saturated heterocycles. The quantitative estimate of drug-likeness (QED) is 0.638. The van der Waals surface area contributed by atoms with E-state index in [-0.39, 0.29) is 24.7 Å². The summed E-state index contributed by atoms with van der Waals surface area (Å²) in [5.74, 6) is 0.364. The minimum absolute atomic E-state index is 0.161. The second-order valence-electron chi connectivity index (χ2n) is 7.61. The van der Waals surface area contributed by atoms with Crippen LogP contribution in [0.15, 0.2) is 42.5 Å². The van der Waals surface area contributed by atoms with Crippen molar-refractivity contribution in [1.82, 2.24) is 0 Å². The molecule has 1 aliphatic rings. The fourth-order valence-electron chi connectivity index (χ4n) is 3.64. The van der Waals surface area contributed by atoms with Crippen molar-refractivity contribution in [2.75, 3.05) is 11.9 Å². The van der Waals surface area contributed by atoms with Gasteiger partial charge in [0, 0.05) is 12.6 Å². The van der Waals surface area contributed by atoms with Crippen molar-refractivity contribution in [2.24, 2.45) is 0 Å². The van der Waals surface area contributed by atoms with Gasteiger partial charge in [0.1, 0.15) is 18.5 Å². The highest BCUT2D eigenvalue weighted by Crippen LogP contribution is 2.30. The van der Waals surface area contributed by atoms with Crippen LogP contribution in [0.4, 0.5) is 5.69 Å². The van der Waals surface area contributed by atoms with E-state index in [0.29, 0.717) is 11.3 Å². The molecular weight excluding hydrogens is 380 g/mol. The molecule has 30 heavy (non-hydrogen) atoms. The predicted octanol–water partition coefficient (Wildman–Crippen LogP) is 4.13. The Hall–Kier alpha value is -3.04. The number of nitriles is 1. The van der Waals surface area contributed by atoms with Crippen LogP contribution in [0.3, 0.4) is 0 Å². The molecule has 3 atom stereocenters. The molecule has 3 rings (SSSR count). The first-order chi connectivity index (χ1) is 14.5. The lowest BCUT2D eigenvalue weighted by atomic mass is 10.0. The first kappa shape index (κ1) is 21.7. The molecule has 6 nitrogen and oxygen atoms in total. The summed E-state index contributed by atoms with van der Waals surface area (Å²) in [5.41, 5.74) is 3.43. The summed E-state index contributed by atoms with van der Waals surface area (Å²) >= 11 is 0. The topological polar surface area (TPSA) is 91.6 Å². The Balaban J connectivity index is 1.87. The summed E-state index contributed by atoms with van der Waals surface area (Å²) in [6.45, 7) is 3.62. The molecule has 0 spiro atoms. The number of anilines is 1. The number of ether oxygens (including phenoxy) is 2. The third kappa shape index (κ3) is 5.74. The predicted molar refractivity (Wildman–Crippen MR) is 114 cm³/mol. The van der Waals surface area contributed by atoms with Crippen molar-refractivity contribution in [2.45, 2.75) is 57.8 Å². The molecule has 2 aromatic rings. The molecule has 2 N–H and O–H groups in total. The van der Waals surface area contributed by atoms with E-state index < -0.39 is 6.10 Å². The number of carbonyl (C=O) groups excluding carboxylic acids is 1. The van der Waals surface area contributed by atoms with Gasteiger partial charge in [0.25, 0.3) is 0 Å². The first-order valence-corrected chi connectivity index (χ1v) is 10.4. The van der Waals surface area contributed by atoms with E-state index >= 15 is 0 Å². The van der Waals surface area contributed by atoms with Crippen LogP contribution in [-0.2, 0) is 16.0 Å². The highest BCUT2D eigenvalue weighted by atomic mass is 16.5. The van der Waals surface area contributed by atoms with E-state index in [2.05, 4.69) is 24.4 Å². The van der Waals surface area contributed by atoms with Crippen LogP contribution < -0.4 is 10.1 Å². The lowest BCUT2D eigenvalue weighted by molar-refractivity contribution is -0.141. The van der Waals surface area contributed by atoms with Gasteiger partial charge in [-0.05, 0) is 73.2 Å². The van der Waals surface area contributed by atoms with Crippen molar-refractivity contribution in [3.63, 3.8) is 0 Å². The summed E-state index contributed by atoms with van der Waals surface area (Å²) in [6.07, 6.45) is 2.76. The van der Waals surface area contributed by atoms with Crippen molar-refractivity contribution < 1.29 is 19.4 Å². The number of aliphatic hydroxyl groups is 1. The molecule has 3 unspecified atom stereocenters. The van der Waals surface area contributed by atoms with Crippen molar-refractivity contribution in [3.8, 4) is 11.8 Å². The van der Waals surface area contributed by atoms with Crippen LogP contribution in [0.25, 0.3) is 0 Å². The number of esters is 1. The van der Waals surface area contributed by atoms with Crippen molar-refractivity contribution in [3.05, 3.63) is 59.2 Å². The van der Waals surface area contributed by atoms with Gasteiger partial charge in [-0.15, -0.1) is 0 Å². The zero-order valence-corrected chi connectivity index (χ0v) is 17.4. The zero-order chi connectivity index (χ0) is 21.5. The largest absolute Gasteiger partial charge is 0.488 e. The molecule has 2 aromatic carbocycles. The van der Waals surface area contributed by atoms with E-state index in [9.17, 15) is 9.90 Å². The number of aliphatic hydroxyl groups excluding tert-OH is 1. The summed E-state index contributed by atoms with van der Waals surface area (Å²) < 4.78 is 11.4. The third-order valence-electron chi connectivity index (χ3n) is 5.31. The lowest BCUT2D eigenvalue weighted by Gasteiger charge is -2.23. The maximum Gasteiger partial charge on any atom is 0.302 e. The third-order valence-corrected chi connectivity index (χ3v) is 5.31. The molecule has 0 bridgehead atoms. The van der Waals surface area contributed by atoms with Gasteiger partial charge < -0.3 is 19.9 Å². The number of nitrogens with zero attached hydrogens (tertiary/aromatic N) is 1. The number of hydrogen-bond acceptors (Lipinski definition) is 6. The molecule has 0 aromatic heterocycles. The fraction of sp³-hybridized carbons (Fsp3) is 0.417. The smallest absolute Gasteiger partial charge is 0.302 e. The van der Waals surface area contributed by atoms with E-state index in [4.69, 9.17) is 14.7 Å². The van der Waals surface area contributed by atoms with E-state index in [1.54, 1.807) is 12.1 Å². The number of hydrogen-bond donors (Lipinski definition) is 2. The number of rotatable bonds is 8. The molecule has 1 saturated carbocycles. The second kappa shape index (κ2) is 10.1. The first-order valence-electron chi connectivity index (χ1n) is 10.4. The SMILES string of the molecule is CCc1cc(OC2CCCC2O)cc(C(COC(C)=O)Nc2ccc(C#N)cc2)c1. The highest BCUT2D eigenvalue weighted by Gasteiger charge is 2.27. The van der Waals surface area contributed by atoms with Gasteiger partial charge in [-0.1, -0.05) is 13.0 Å². The maximum atomic E-state index is 11.4. The Morgan fingerprint density at radius 3 is 2.63 bits per heavy atom. The van der Waals surface area contributed by atoms with E-state index in [0.717, 1.165) is 42.5 Å². The van der Waals surface area contributed by atoms with Crippen LogP contribution in [-0.4, -0.2) is 29.9 Å². The Morgan fingerprint density at radius 1 is 1.27 bits per heavy atom. The molecule has 158 valence electrons. The molecule has 0 heterocycles. The van der Waals surface area contributed by atoms with Gasteiger partial charge >= 0.3 is 5.97 Å². The standard InChI is InChI=1S/C24H28N2O4/c1-3-17-11-19(13-21(12-17)30-24-6-4-5-23(24)28)22(15-29-16(2)27)26-20-9-7-18(14-25)8-10-20/h7-13,22-24,26,28H,3-6,15H2,1-2H3. The zero-order valence-electron chi connectivity index (χ0n) is 17.4. The van der Waals surface area contributed by atoms with Gasteiger partial charge in [-0.25, -0.2) is 0 Å². The fourth-order valence-corrected chi connectivity index (χ4v) is 3.64. The minimum atomic E-state index is -0.438. The minimum Gasteiger partial charge on any atom is -0.488 e. The van der Waals surface area contributed by atoms with Gasteiger partial charge in [-0.2, -0.15) is 5.26 Å². The average Bonchev–Trinajstić information content (AvgIpc) is 3.15. The van der Waals surface area contributed by atoms with E-state index in [1.807, 2.05) is 24.3 Å². The van der Waals surface area contributed by atoms with Crippen LogP contribution >= 0.6 is 0 Å². The van der Waals surface area contributed by atoms with Crippen molar-refractivity contribution >= 4 is 11.7 Å². The van der Waals surface area contributed by atoms with Crippen LogP contribution in [0.2, 0.25) is 0 Å². The maximum absolute atomic E-state index is 11.4. The molecule has 1 aliphatic carbocycles. The number of nitrogens with one attached hydrogen (secondary N) is 1. The summed E-state index contributed by atoms with van der Waals surface area (Å²) in [5, 5.41) is 22.5. The van der Waals surface area contributed by atoms with Gasteiger partial charge in [0.2, 0.25) is 0 Å². The molecule has 0 amide bonds. The second-order valence-corrected chi connectivity index (χ2v) is 7.61. The molecule has 0 aliphatic heterocycles. The Morgan fingerprint density at radius 2 is 2.03 bits per heavy atom. The van der Waals surface area contributed by atoms with Crippen LogP contribution in [0.5, 0.6) is 5.75 Å². The van der Waals surface area contributed by atoms with E-state index in [1.165, 1.54) is 6.92 Å². The number of aryl methyl sites for hydroxylation is 1. The number of benzene rings is 2. The Kier molecular flexibility index (Phi) is 7.31. The normalized spacial score (nSPS) is 19.0. The molecular formula is C24H28N2O4. The summed E-state index contributed by atoms with van der Waals surface area (Å²) in [4.78, 5) is 11.4. The lowest BCUT2D eigenvalue weighted by Crippen LogP contribution is -2.26. The molecule has 6 heteroatoms. The molecule has 0 radical (unpaired) electrons. The van der Waals surface area contributed by atoms with Gasteiger partial charge in [-0.3, -0.25) is 4.79 Å². The monoisotopic (exact) mass is 408 g/mol. The summed E-state index contributed by atoms with van der Waals surface area (Å²) in [7, 11) is 0. The summed E-state index contributed by atoms with van der Waals surface area (Å²) in [6, 6.07) is 15.0. The van der Waals surface area contributed by atoms with Crippen molar-refractivity contribution in [1.29, 1.82) is 5.26 Å². The van der Waals surface area contributed by atoms with Gasteiger partial charge in [0.05, 0.1) is 23.8 Å². The highest BCUT2D eigenvalue weighted by molar-refractivity contribution is 5.66. The van der Waals surface area contributed by atoms with Crippen LogP contribution in [0.1, 0.15) is 55.8 Å². The van der Waals surface area contributed by atoms with Crippen LogP contribution in [0, 0.1) is 11.3 Å². The van der Waals surface area contributed by atoms with Gasteiger partial charge in [0.15, 0.2) is 0 Å². The number of carbonyl (C=O) groups is 1.